The first kappa shape index (κ1) is 11.7. The van der Waals surface area contributed by atoms with Crippen molar-refractivity contribution in [1.29, 1.82) is 0 Å². The number of hydrogen-bond donors (Lipinski definition) is 1. The van der Waals surface area contributed by atoms with Crippen molar-refractivity contribution < 1.29 is 4.39 Å². The zero-order chi connectivity index (χ0) is 12.3. The number of halogens is 1. The predicted octanol–water partition coefficient (Wildman–Crippen LogP) is 2.84. The average Bonchev–Trinajstić information content (AvgIpc) is 2.35. The van der Waals surface area contributed by atoms with Gasteiger partial charge in [0.15, 0.2) is 0 Å². The lowest BCUT2D eigenvalue weighted by molar-refractivity contribution is 0.571. The van der Waals surface area contributed by atoms with Crippen LogP contribution in [0.5, 0.6) is 0 Å². The molecule has 1 N–H and O–H groups in total. The molecule has 0 saturated carbocycles. The standard InChI is InChI=1S/C14H15FN2/c1-10-3-5-11(6-4-10)14(16-2)12-7-8-17-9-13(12)15/h3-9,14,16H,1-2H3. The second-order valence-electron chi connectivity index (χ2n) is 4.03. The van der Waals surface area contributed by atoms with Crippen molar-refractivity contribution in [2.45, 2.75) is 13.0 Å². The van der Waals surface area contributed by atoms with Crippen LogP contribution < -0.4 is 5.32 Å². The second kappa shape index (κ2) is 5.06. The van der Waals surface area contributed by atoms with Gasteiger partial charge in [-0.15, -0.1) is 0 Å². The molecule has 2 nitrogen and oxygen atoms in total. The molecule has 2 aromatic rings. The van der Waals surface area contributed by atoms with Crippen LogP contribution in [0.15, 0.2) is 42.7 Å². The van der Waals surface area contributed by atoms with Gasteiger partial charge in [0.05, 0.1) is 12.2 Å². The van der Waals surface area contributed by atoms with Crippen LogP contribution in [0.3, 0.4) is 0 Å². The molecule has 0 saturated heterocycles. The van der Waals surface area contributed by atoms with Crippen molar-refractivity contribution in [3.8, 4) is 0 Å². The Morgan fingerprint density at radius 2 is 1.88 bits per heavy atom. The summed E-state index contributed by atoms with van der Waals surface area (Å²) in [5.74, 6) is -0.285. The lowest BCUT2D eigenvalue weighted by Gasteiger charge is -2.17. The van der Waals surface area contributed by atoms with E-state index in [0.29, 0.717) is 5.56 Å². The minimum absolute atomic E-state index is 0.140. The maximum Gasteiger partial charge on any atom is 0.146 e. The summed E-state index contributed by atoms with van der Waals surface area (Å²) in [5, 5.41) is 3.13. The van der Waals surface area contributed by atoms with Gasteiger partial charge >= 0.3 is 0 Å². The highest BCUT2D eigenvalue weighted by molar-refractivity contribution is 5.32. The molecule has 17 heavy (non-hydrogen) atoms. The first-order valence-corrected chi connectivity index (χ1v) is 5.55. The highest BCUT2D eigenvalue weighted by atomic mass is 19.1. The molecule has 0 aliphatic rings. The van der Waals surface area contributed by atoms with Crippen LogP contribution in [-0.2, 0) is 0 Å². The number of nitrogens with zero attached hydrogens (tertiary/aromatic N) is 1. The lowest BCUT2D eigenvalue weighted by atomic mass is 9.98. The summed E-state index contributed by atoms with van der Waals surface area (Å²) in [6.07, 6.45) is 2.85. The summed E-state index contributed by atoms with van der Waals surface area (Å²) >= 11 is 0. The van der Waals surface area contributed by atoms with Crippen molar-refractivity contribution >= 4 is 0 Å². The van der Waals surface area contributed by atoms with Gasteiger partial charge in [-0.05, 0) is 25.6 Å². The van der Waals surface area contributed by atoms with Crippen LogP contribution in [0.25, 0.3) is 0 Å². The maximum atomic E-state index is 13.7. The van der Waals surface area contributed by atoms with Crippen molar-refractivity contribution in [2.75, 3.05) is 7.05 Å². The van der Waals surface area contributed by atoms with E-state index in [1.807, 2.05) is 38.2 Å². The molecule has 2 rings (SSSR count). The van der Waals surface area contributed by atoms with Crippen LogP contribution in [0.4, 0.5) is 4.39 Å². The highest BCUT2D eigenvalue weighted by Crippen LogP contribution is 2.23. The highest BCUT2D eigenvalue weighted by Gasteiger charge is 2.15. The van der Waals surface area contributed by atoms with E-state index in [1.165, 1.54) is 11.8 Å². The third kappa shape index (κ3) is 2.50. The molecular weight excluding hydrogens is 215 g/mol. The molecule has 0 bridgehead atoms. The number of aromatic nitrogens is 1. The monoisotopic (exact) mass is 230 g/mol. The number of pyridine rings is 1. The van der Waals surface area contributed by atoms with E-state index in [1.54, 1.807) is 12.3 Å². The molecule has 0 aliphatic heterocycles. The Hall–Kier alpha value is -1.74. The van der Waals surface area contributed by atoms with Gasteiger partial charge in [-0.1, -0.05) is 29.8 Å². The molecule has 0 fully saturated rings. The van der Waals surface area contributed by atoms with Crippen molar-refractivity contribution in [2.24, 2.45) is 0 Å². The zero-order valence-electron chi connectivity index (χ0n) is 9.94. The fourth-order valence-corrected chi connectivity index (χ4v) is 1.88. The van der Waals surface area contributed by atoms with Crippen LogP contribution in [0, 0.1) is 12.7 Å². The van der Waals surface area contributed by atoms with Crippen LogP contribution >= 0.6 is 0 Å². The first-order valence-electron chi connectivity index (χ1n) is 5.55. The minimum Gasteiger partial charge on any atom is -0.309 e. The Bertz CT molecular complexity index is 494. The van der Waals surface area contributed by atoms with E-state index >= 15 is 0 Å². The Labute approximate surface area is 101 Å². The largest absolute Gasteiger partial charge is 0.309 e. The minimum atomic E-state index is -0.285. The topological polar surface area (TPSA) is 24.9 Å². The molecule has 0 amide bonds. The Balaban J connectivity index is 2.40. The first-order chi connectivity index (χ1) is 8.22. The van der Waals surface area contributed by atoms with Gasteiger partial charge < -0.3 is 5.32 Å². The molecule has 88 valence electrons. The van der Waals surface area contributed by atoms with Gasteiger partial charge in [-0.3, -0.25) is 4.98 Å². The lowest BCUT2D eigenvalue weighted by Crippen LogP contribution is -2.19. The Morgan fingerprint density at radius 3 is 2.47 bits per heavy atom. The molecule has 0 aliphatic carbocycles. The summed E-state index contributed by atoms with van der Waals surface area (Å²) in [5.41, 5.74) is 2.85. The van der Waals surface area contributed by atoms with Crippen LogP contribution in [0.1, 0.15) is 22.7 Å². The number of nitrogens with one attached hydrogen (secondary N) is 1. The van der Waals surface area contributed by atoms with E-state index in [9.17, 15) is 4.39 Å². The molecule has 1 heterocycles. The van der Waals surface area contributed by atoms with Crippen molar-refractivity contribution in [3.63, 3.8) is 0 Å². The molecule has 0 spiro atoms. The molecule has 1 unspecified atom stereocenters. The molecule has 0 radical (unpaired) electrons. The summed E-state index contributed by atoms with van der Waals surface area (Å²) in [6, 6.07) is 9.64. The number of aryl methyl sites for hydroxylation is 1. The fourth-order valence-electron chi connectivity index (χ4n) is 1.88. The molecular formula is C14H15FN2. The van der Waals surface area contributed by atoms with Gasteiger partial charge in [-0.25, -0.2) is 4.39 Å². The van der Waals surface area contributed by atoms with Crippen molar-refractivity contribution in [3.05, 3.63) is 65.2 Å². The molecule has 1 atom stereocenters. The summed E-state index contributed by atoms with van der Waals surface area (Å²) < 4.78 is 13.7. The van der Waals surface area contributed by atoms with Crippen molar-refractivity contribution in [1.82, 2.24) is 10.3 Å². The quantitative estimate of drug-likeness (QED) is 0.877. The summed E-state index contributed by atoms with van der Waals surface area (Å²) in [4.78, 5) is 3.77. The van der Waals surface area contributed by atoms with Gasteiger partial charge in [0.1, 0.15) is 5.82 Å². The van der Waals surface area contributed by atoms with E-state index in [4.69, 9.17) is 0 Å². The average molecular weight is 230 g/mol. The fraction of sp³-hybridized carbons (Fsp3) is 0.214. The van der Waals surface area contributed by atoms with E-state index < -0.39 is 0 Å². The predicted molar refractivity (Wildman–Crippen MR) is 66.3 cm³/mol. The Morgan fingerprint density at radius 1 is 1.18 bits per heavy atom. The molecule has 1 aromatic carbocycles. The number of rotatable bonds is 3. The van der Waals surface area contributed by atoms with E-state index in [-0.39, 0.29) is 11.9 Å². The summed E-state index contributed by atoms with van der Waals surface area (Å²) in [7, 11) is 1.82. The third-order valence-corrected chi connectivity index (χ3v) is 2.81. The van der Waals surface area contributed by atoms with E-state index in [0.717, 1.165) is 5.56 Å². The smallest absolute Gasteiger partial charge is 0.146 e. The Kier molecular flexibility index (Phi) is 3.49. The van der Waals surface area contributed by atoms with Gasteiger partial charge in [0.2, 0.25) is 0 Å². The van der Waals surface area contributed by atoms with Gasteiger partial charge in [0.25, 0.3) is 0 Å². The van der Waals surface area contributed by atoms with Gasteiger partial charge in [-0.2, -0.15) is 0 Å². The second-order valence-corrected chi connectivity index (χ2v) is 4.03. The van der Waals surface area contributed by atoms with E-state index in [2.05, 4.69) is 10.3 Å². The molecule has 3 heteroatoms. The molecule has 1 aromatic heterocycles. The zero-order valence-corrected chi connectivity index (χ0v) is 9.94. The summed E-state index contributed by atoms with van der Waals surface area (Å²) in [6.45, 7) is 2.03. The van der Waals surface area contributed by atoms with Crippen LogP contribution in [0.2, 0.25) is 0 Å². The third-order valence-electron chi connectivity index (χ3n) is 2.81. The van der Waals surface area contributed by atoms with Gasteiger partial charge in [0, 0.05) is 11.8 Å². The maximum absolute atomic E-state index is 13.7. The van der Waals surface area contributed by atoms with Crippen LogP contribution in [-0.4, -0.2) is 12.0 Å². The number of hydrogen-bond acceptors (Lipinski definition) is 2. The number of benzene rings is 1. The normalized spacial score (nSPS) is 12.4. The SMILES string of the molecule is CNC(c1ccc(C)cc1)c1ccncc1F.